The SMILES string of the molecule is c1ccc(-c2ccc(N(c3cccc(-c4cccc(-c5ccc6c(c5)c5ccccc5n6-c5ccc(-c6ccccc6)cc5)c4)c3)c3ccc4c(c3)C3(c5ccccc5-c5ccccc53)c3ccccc3-4)cc2)cc1. The van der Waals surface area contributed by atoms with Gasteiger partial charge in [-0.2, -0.15) is 0 Å². The standard InChI is InChI=1S/C73H48N2/c1-3-17-49(18-4-1)51-33-38-57(39-34-51)74(60-42-43-64-63-27-9-13-31-69(63)73(70(64)48-60)67-29-11-7-25-61(67)62-26-8-12-30-68(62)73)59-24-16-23-55(46-59)53-21-15-22-54(45-53)56-37-44-72-66(47-56)65-28-10-14-32-71(65)75(72)58-40-35-52(36-41-58)50-19-5-2-6-20-50/h1-48H. The normalized spacial score (nSPS) is 12.6. The third kappa shape index (κ3) is 6.73. The molecule has 15 rings (SSSR count). The van der Waals surface area contributed by atoms with Crippen LogP contribution in [0.2, 0.25) is 0 Å². The first-order valence-electron chi connectivity index (χ1n) is 26.0. The Morgan fingerprint density at radius 3 is 1.29 bits per heavy atom. The topological polar surface area (TPSA) is 8.17 Å². The van der Waals surface area contributed by atoms with Crippen molar-refractivity contribution in [3.05, 3.63) is 313 Å². The molecule has 0 amide bonds. The molecule has 0 atom stereocenters. The Labute approximate surface area is 437 Å². The van der Waals surface area contributed by atoms with E-state index in [1.165, 1.54) is 99.7 Å². The lowest BCUT2D eigenvalue weighted by Gasteiger charge is -2.32. The molecule has 0 saturated heterocycles. The molecule has 2 nitrogen and oxygen atoms in total. The van der Waals surface area contributed by atoms with Crippen LogP contribution < -0.4 is 4.90 Å². The second-order valence-electron chi connectivity index (χ2n) is 20.0. The molecule has 2 heteroatoms. The Hall–Kier alpha value is -9.76. The van der Waals surface area contributed by atoms with Gasteiger partial charge in [0.1, 0.15) is 0 Å². The Morgan fingerprint density at radius 1 is 0.240 bits per heavy atom. The van der Waals surface area contributed by atoms with Crippen LogP contribution in [0.25, 0.3) is 94.3 Å². The van der Waals surface area contributed by atoms with Gasteiger partial charge in [0, 0.05) is 33.5 Å². The fourth-order valence-corrected chi connectivity index (χ4v) is 12.7. The van der Waals surface area contributed by atoms with Crippen molar-refractivity contribution in [1.29, 1.82) is 0 Å². The molecule has 2 aliphatic carbocycles. The first-order chi connectivity index (χ1) is 37.2. The molecular formula is C73H48N2. The van der Waals surface area contributed by atoms with Crippen molar-refractivity contribution in [1.82, 2.24) is 4.57 Å². The molecule has 350 valence electrons. The summed E-state index contributed by atoms with van der Waals surface area (Å²) in [5, 5.41) is 2.48. The maximum absolute atomic E-state index is 2.49. The highest BCUT2D eigenvalue weighted by atomic mass is 15.1. The summed E-state index contributed by atoms with van der Waals surface area (Å²) in [5.74, 6) is 0. The van der Waals surface area contributed by atoms with Gasteiger partial charge in [0.15, 0.2) is 0 Å². The minimum absolute atomic E-state index is 0.452. The number of anilines is 3. The number of nitrogens with zero attached hydrogens (tertiary/aromatic N) is 2. The van der Waals surface area contributed by atoms with Gasteiger partial charge in [-0.3, -0.25) is 0 Å². The summed E-state index contributed by atoms with van der Waals surface area (Å²) >= 11 is 0. The average molecular weight is 953 g/mol. The second kappa shape index (κ2) is 17.2. The summed E-state index contributed by atoms with van der Waals surface area (Å²) in [4.78, 5) is 2.45. The minimum Gasteiger partial charge on any atom is -0.310 e. The Bertz CT molecular complexity index is 4270. The molecule has 12 aromatic carbocycles. The van der Waals surface area contributed by atoms with Gasteiger partial charge in [-0.05, 0) is 162 Å². The molecule has 1 heterocycles. The fraction of sp³-hybridized carbons (Fsp3) is 0.0137. The lowest BCUT2D eigenvalue weighted by molar-refractivity contribution is 0.793. The number of para-hydroxylation sites is 1. The zero-order valence-electron chi connectivity index (χ0n) is 41.1. The van der Waals surface area contributed by atoms with Crippen molar-refractivity contribution < 1.29 is 0 Å². The molecule has 0 N–H and O–H groups in total. The van der Waals surface area contributed by atoms with E-state index in [2.05, 4.69) is 301 Å². The predicted octanol–water partition coefficient (Wildman–Crippen LogP) is 19.3. The van der Waals surface area contributed by atoms with E-state index in [-0.39, 0.29) is 0 Å². The van der Waals surface area contributed by atoms with Crippen molar-refractivity contribution in [2.75, 3.05) is 4.90 Å². The van der Waals surface area contributed by atoms with Crippen LogP contribution in [0.1, 0.15) is 22.3 Å². The summed E-state index contributed by atoms with van der Waals surface area (Å²) in [6.45, 7) is 0. The number of hydrogen-bond donors (Lipinski definition) is 0. The molecule has 75 heavy (non-hydrogen) atoms. The van der Waals surface area contributed by atoms with Gasteiger partial charge >= 0.3 is 0 Å². The van der Waals surface area contributed by atoms with Crippen molar-refractivity contribution in [3.63, 3.8) is 0 Å². The van der Waals surface area contributed by atoms with Crippen LogP contribution in [0.3, 0.4) is 0 Å². The zero-order valence-corrected chi connectivity index (χ0v) is 41.1. The van der Waals surface area contributed by atoms with E-state index < -0.39 is 5.41 Å². The maximum Gasteiger partial charge on any atom is 0.0726 e. The van der Waals surface area contributed by atoms with Gasteiger partial charge in [-0.25, -0.2) is 0 Å². The molecule has 0 bridgehead atoms. The van der Waals surface area contributed by atoms with E-state index in [9.17, 15) is 0 Å². The van der Waals surface area contributed by atoms with Crippen molar-refractivity contribution in [3.8, 4) is 72.4 Å². The fourth-order valence-electron chi connectivity index (χ4n) is 12.7. The lowest BCUT2D eigenvalue weighted by Crippen LogP contribution is -2.26. The summed E-state index contributed by atoms with van der Waals surface area (Å²) in [6, 6.07) is 108. The number of hydrogen-bond acceptors (Lipinski definition) is 1. The second-order valence-corrected chi connectivity index (χ2v) is 20.0. The lowest BCUT2D eigenvalue weighted by atomic mass is 9.70. The van der Waals surface area contributed by atoms with E-state index in [0.29, 0.717) is 0 Å². The van der Waals surface area contributed by atoms with Gasteiger partial charge in [-0.15, -0.1) is 0 Å². The van der Waals surface area contributed by atoms with Crippen molar-refractivity contribution >= 4 is 38.9 Å². The summed E-state index contributed by atoms with van der Waals surface area (Å²) in [6.07, 6.45) is 0. The highest BCUT2D eigenvalue weighted by molar-refractivity contribution is 6.10. The zero-order chi connectivity index (χ0) is 49.5. The molecule has 0 fully saturated rings. The number of rotatable bonds is 8. The molecule has 0 radical (unpaired) electrons. The van der Waals surface area contributed by atoms with Gasteiger partial charge in [0.25, 0.3) is 0 Å². The number of benzene rings is 12. The molecule has 13 aromatic rings. The molecule has 0 saturated carbocycles. The smallest absolute Gasteiger partial charge is 0.0726 e. The molecule has 2 aliphatic rings. The van der Waals surface area contributed by atoms with Gasteiger partial charge in [0.2, 0.25) is 0 Å². The van der Waals surface area contributed by atoms with E-state index >= 15 is 0 Å². The van der Waals surface area contributed by atoms with Crippen LogP contribution in [-0.4, -0.2) is 4.57 Å². The number of fused-ring (bicyclic) bond motifs is 13. The minimum atomic E-state index is -0.452. The van der Waals surface area contributed by atoms with E-state index in [0.717, 1.165) is 33.9 Å². The van der Waals surface area contributed by atoms with Gasteiger partial charge in [0.05, 0.1) is 16.4 Å². The summed E-state index contributed by atoms with van der Waals surface area (Å²) in [7, 11) is 0. The van der Waals surface area contributed by atoms with Gasteiger partial charge < -0.3 is 9.47 Å². The Morgan fingerprint density at radius 2 is 0.667 bits per heavy atom. The molecule has 1 spiro atoms. The monoisotopic (exact) mass is 952 g/mol. The van der Waals surface area contributed by atoms with Crippen molar-refractivity contribution in [2.45, 2.75) is 5.41 Å². The molecule has 1 aromatic heterocycles. The summed E-state index contributed by atoms with van der Waals surface area (Å²) in [5.41, 5.74) is 26.4. The molecular weight excluding hydrogens is 905 g/mol. The van der Waals surface area contributed by atoms with E-state index in [1.807, 2.05) is 0 Å². The third-order valence-corrected chi connectivity index (χ3v) is 16.0. The van der Waals surface area contributed by atoms with Crippen LogP contribution in [0, 0.1) is 0 Å². The Balaban J connectivity index is 0.843. The van der Waals surface area contributed by atoms with Crippen molar-refractivity contribution in [2.24, 2.45) is 0 Å². The largest absolute Gasteiger partial charge is 0.310 e. The third-order valence-electron chi connectivity index (χ3n) is 16.0. The van der Waals surface area contributed by atoms with Crippen LogP contribution in [0.5, 0.6) is 0 Å². The predicted molar refractivity (Wildman–Crippen MR) is 314 cm³/mol. The number of aromatic nitrogens is 1. The van der Waals surface area contributed by atoms with Crippen LogP contribution in [0.4, 0.5) is 17.1 Å². The van der Waals surface area contributed by atoms with Crippen LogP contribution in [-0.2, 0) is 5.41 Å². The average Bonchev–Trinajstić information content (AvgIpc) is 4.14. The van der Waals surface area contributed by atoms with Crippen LogP contribution >= 0.6 is 0 Å². The van der Waals surface area contributed by atoms with Gasteiger partial charge in [-0.1, -0.05) is 218 Å². The van der Waals surface area contributed by atoms with E-state index in [1.54, 1.807) is 0 Å². The first-order valence-corrected chi connectivity index (χ1v) is 26.0. The van der Waals surface area contributed by atoms with E-state index in [4.69, 9.17) is 0 Å². The Kier molecular flexibility index (Phi) is 9.83. The molecule has 0 aliphatic heterocycles. The highest BCUT2D eigenvalue weighted by Crippen LogP contribution is 2.63. The quantitative estimate of drug-likeness (QED) is 0.147. The molecule has 0 unspecified atom stereocenters. The first kappa shape index (κ1) is 42.9. The summed E-state index contributed by atoms with van der Waals surface area (Å²) < 4.78 is 2.40. The highest BCUT2D eigenvalue weighted by Gasteiger charge is 2.51. The van der Waals surface area contributed by atoms with Crippen LogP contribution in [0.15, 0.2) is 291 Å². The maximum atomic E-state index is 2.49.